The van der Waals surface area contributed by atoms with Crippen LogP contribution in [0.15, 0.2) is 405 Å². The Morgan fingerprint density at radius 2 is 0.455 bits per heavy atom. The van der Waals surface area contributed by atoms with Crippen LogP contribution in [0.1, 0.15) is 102 Å². The van der Waals surface area contributed by atoms with Crippen LogP contribution in [-0.4, -0.2) is 47.1 Å². The fourth-order valence-electron chi connectivity index (χ4n) is 19.3. The first-order valence-corrected chi connectivity index (χ1v) is 41.6. The molecule has 2 N–H and O–H groups in total. The van der Waals surface area contributed by atoms with Gasteiger partial charge in [-0.1, -0.05) is 427 Å². The molecule has 2 spiro atoms. The molecule has 4 aliphatic carbocycles. The molecule has 2 heterocycles. The third kappa shape index (κ3) is 13.1. The van der Waals surface area contributed by atoms with Crippen molar-refractivity contribution in [3.63, 3.8) is 0 Å². The van der Waals surface area contributed by atoms with Crippen LogP contribution in [0.5, 0.6) is 0 Å². The number of hydrogen-bond donors (Lipinski definition) is 2. The van der Waals surface area contributed by atoms with Gasteiger partial charge >= 0.3 is 7.12 Å². The van der Waals surface area contributed by atoms with Crippen LogP contribution in [0, 0.1) is 0 Å². The van der Waals surface area contributed by atoms with Crippen LogP contribution in [0.4, 0.5) is 0 Å². The second-order valence-electron chi connectivity index (χ2n) is 32.2. The van der Waals surface area contributed by atoms with E-state index in [4.69, 9.17) is 29.9 Å². The van der Waals surface area contributed by atoms with E-state index < -0.39 is 12.5 Å². The van der Waals surface area contributed by atoms with Crippen LogP contribution in [0.3, 0.4) is 0 Å². The summed E-state index contributed by atoms with van der Waals surface area (Å²) in [6.45, 7) is 9.48. The van der Waals surface area contributed by atoms with E-state index in [1.807, 2.05) is 152 Å². The summed E-state index contributed by atoms with van der Waals surface area (Å²) >= 11 is 3.87. The van der Waals surface area contributed by atoms with Gasteiger partial charge in [-0.3, -0.25) is 0 Å². The van der Waals surface area contributed by atoms with Gasteiger partial charge in [0.1, 0.15) is 0 Å². The van der Waals surface area contributed by atoms with Crippen LogP contribution in [-0.2, 0) is 21.7 Å². The molecule has 4 aliphatic rings. The number of fused-ring (bicyclic) bond motifs is 18. The van der Waals surface area contributed by atoms with Crippen molar-refractivity contribution in [1.29, 1.82) is 0 Å². The minimum atomic E-state index is -1.52. The fourth-order valence-corrected chi connectivity index (χ4v) is 19.9. The molecule has 18 aromatic rings. The molecule has 0 saturated heterocycles. The monoisotopic (exact) mass is 1620 g/mol. The van der Waals surface area contributed by atoms with Gasteiger partial charge in [0.25, 0.3) is 0 Å². The predicted octanol–water partition coefficient (Wildman–Crippen LogP) is 25.5. The number of nitrogens with zero attached hydrogens (tertiary/aromatic N) is 6. The van der Waals surface area contributed by atoms with Gasteiger partial charge in [0.2, 0.25) is 0 Å². The van der Waals surface area contributed by atoms with Crippen LogP contribution in [0.25, 0.3) is 124 Å². The van der Waals surface area contributed by atoms with E-state index in [2.05, 4.69) is 274 Å². The Bertz CT molecular complexity index is 6780. The number of benzene rings is 16. The van der Waals surface area contributed by atoms with Crippen LogP contribution in [0.2, 0.25) is 0 Å². The Labute approximate surface area is 715 Å². The summed E-state index contributed by atoms with van der Waals surface area (Å²) in [7, 11) is -1.52. The molecule has 0 saturated carbocycles. The van der Waals surface area contributed by atoms with Crippen molar-refractivity contribution in [1.82, 2.24) is 29.9 Å². The normalized spacial score (nSPS) is 13.6. The average molecular weight is 1620 g/mol. The summed E-state index contributed by atoms with van der Waals surface area (Å²) in [5.74, 6) is 3.73. The molecule has 16 aromatic carbocycles. The second kappa shape index (κ2) is 31.4. The van der Waals surface area contributed by atoms with Gasteiger partial charge in [-0.25, -0.2) is 29.9 Å². The highest BCUT2D eigenvalue weighted by atomic mass is 79.9. The lowest BCUT2D eigenvalue weighted by Crippen LogP contribution is -2.40. The van der Waals surface area contributed by atoms with E-state index in [9.17, 15) is 10.0 Å². The largest absolute Gasteiger partial charge is 0.488 e. The molecule has 0 aliphatic heterocycles. The van der Waals surface area contributed by atoms with Gasteiger partial charge in [-0.15, -0.1) is 0 Å². The highest BCUT2D eigenvalue weighted by Crippen LogP contribution is 2.65. The van der Waals surface area contributed by atoms with Gasteiger partial charge in [0, 0.05) is 54.2 Å². The van der Waals surface area contributed by atoms with Gasteiger partial charge in [-0.2, -0.15) is 0 Å². The lowest BCUT2D eigenvalue weighted by molar-refractivity contribution is 0.426. The van der Waals surface area contributed by atoms with E-state index in [1.165, 1.54) is 105 Å². The van der Waals surface area contributed by atoms with Crippen molar-refractivity contribution in [2.45, 2.75) is 56.8 Å². The van der Waals surface area contributed by atoms with Crippen molar-refractivity contribution < 1.29 is 10.0 Å². The minimum Gasteiger partial charge on any atom is -0.423 e. The Morgan fingerprint density at radius 3 is 0.826 bits per heavy atom. The van der Waals surface area contributed by atoms with Crippen molar-refractivity contribution >= 4 is 28.5 Å². The fraction of sp³-hybridized carbons (Fsp3) is 0.0811. The first kappa shape index (κ1) is 76.9. The third-order valence-electron chi connectivity index (χ3n) is 24.8. The maximum atomic E-state index is 9.53. The van der Waals surface area contributed by atoms with Crippen molar-refractivity contribution in [3.8, 4) is 124 Å². The molecule has 10 heteroatoms. The number of hydrogen-bond acceptors (Lipinski definition) is 8. The predicted molar refractivity (Wildman–Crippen MR) is 498 cm³/mol. The van der Waals surface area contributed by atoms with Gasteiger partial charge < -0.3 is 10.0 Å². The van der Waals surface area contributed by atoms with Crippen molar-refractivity contribution in [2.24, 2.45) is 0 Å². The van der Waals surface area contributed by atoms with E-state index in [0.29, 0.717) is 40.4 Å². The Balaban J connectivity index is 0.000000130. The highest BCUT2D eigenvalue weighted by molar-refractivity contribution is 9.10. The van der Waals surface area contributed by atoms with Crippen molar-refractivity contribution in [2.75, 3.05) is 0 Å². The Kier molecular flexibility index (Phi) is 20.0. The molecule has 8 nitrogen and oxygen atoms in total. The lowest BCUT2D eigenvalue weighted by atomic mass is 9.55. The van der Waals surface area contributed by atoms with Gasteiger partial charge in [-0.05, 0) is 147 Å². The Hall–Kier alpha value is -14.0. The second-order valence-corrected chi connectivity index (χ2v) is 33.1. The molecule has 0 amide bonds. The molecular formula is C111H84BBrN6O2. The van der Waals surface area contributed by atoms with Gasteiger partial charge in [0.15, 0.2) is 34.9 Å². The van der Waals surface area contributed by atoms with Gasteiger partial charge in [0.05, 0.1) is 10.8 Å². The summed E-state index contributed by atoms with van der Waals surface area (Å²) in [6, 6.07) is 141. The van der Waals surface area contributed by atoms with Crippen molar-refractivity contribution in [3.05, 3.63) is 472 Å². The minimum absolute atomic E-state index is 0. The van der Waals surface area contributed by atoms with E-state index in [0.717, 1.165) is 55.6 Å². The molecule has 121 heavy (non-hydrogen) atoms. The van der Waals surface area contributed by atoms with E-state index >= 15 is 0 Å². The number of aromatic nitrogens is 6. The first-order chi connectivity index (χ1) is 58.8. The maximum Gasteiger partial charge on any atom is 0.488 e. The van der Waals surface area contributed by atoms with Crippen LogP contribution < -0.4 is 5.46 Å². The third-order valence-corrected chi connectivity index (χ3v) is 25.4. The summed E-state index contributed by atoms with van der Waals surface area (Å²) in [4.78, 5) is 29.2. The zero-order chi connectivity index (χ0) is 81.3. The average Bonchev–Trinajstić information content (AvgIpc) is 1.54. The molecule has 2 aromatic heterocycles. The van der Waals surface area contributed by atoms with E-state index in [1.54, 1.807) is 18.2 Å². The molecule has 0 radical (unpaired) electrons. The molecule has 580 valence electrons. The zero-order valence-corrected chi connectivity index (χ0v) is 68.2. The van der Waals surface area contributed by atoms with Crippen LogP contribution >= 0.6 is 15.9 Å². The summed E-state index contributed by atoms with van der Waals surface area (Å²) in [6.07, 6.45) is 0. The molecule has 22 rings (SSSR count). The summed E-state index contributed by atoms with van der Waals surface area (Å²) in [5.41, 5.74) is 33.4. The zero-order valence-electron chi connectivity index (χ0n) is 66.6. The number of rotatable bonds is 10. The summed E-state index contributed by atoms with van der Waals surface area (Å²) < 4.78 is 1.17. The maximum absolute atomic E-state index is 9.53. The topological polar surface area (TPSA) is 118 Å². The Morgan fingerprint density at radius 1 is 0.215 bits per heavy atom. The lowest BCUT2D eigenvalue weighted by Gasteiger charge is -2.46. The SMILES string of the molecule is C.CC1(C)c2ccccc2C2(c3ccccc3-c3c(-c4cccc(-c5cccc(-c6nc(-c7ccccc7)nc(-c7ccccc7)n6)c5)c4)cccc32)c2ccccc21.CC1(C)c2ccccc2C2(c3ccccc3-c3c(Br)cccc32)c2ccccc21.OB(O)c1cccc(-c2cccc(-c3nc(-c4ccccc4)nc(-c4ccccc4)n3)c2)c1. The number of halogens is 1. The standard InChI is InChI=1S/C55H39N3.C28H21Br.C27H20BN3O2.CH4/c1-54(2)45-29-11-13-31-47(45)55(48-32-14-12-30-46(48)54)44-28-10-9-26-43(44)50-42(27-17-33-49(50)55)40-24-15-22-38(34-40)39-23-16-25-41(35-39)53-57-51(36-18-5-3-6-19-36)56-52(58-53)37-20-7-4-8-21-37;1-27(2)20-12-5-7-14-22(20)28(23-15-8-6-13-21(23)27)19-11-4-3-10-18(19)26-24(28)16-9-17-25(26)29;32-28(33)24-16-8-14-22(18-24)21-13-7-15-23(17-21)27-30-25(19-9-3-1-4-10-19)29-26(31-27)20-11-5-2-6-12-20;/h3-35H,1-2H3;3-17H,1-2H3;1-18,32-33H;1H4. The summed E-state index contributed by atoms with van der Waals surface area (Å²) in [5, 5.41) is 19.1. The first-order valence-electron chi connectivity index (χ1n) is 40.8. The van der Waals surface area contributed by atoms with E-state index in [-0.39, 0.29) is 23.7 Å². The molecule has 0 fully saturated rings. The molecule has 0 atom stereocenters. The highest BCUT2D eigenvalue weighted by Gasteiger charge is 2.55. The smallest absolute Gasteiger partial charge is 0.423 e. The molecule has 0 bridgehead atoms. The molecular weight excluding hydrogens is 1540 g/mol. The quantitative estimate of drug-likeness (QED) is 0.130. The molecule has 0 unspecified atom stereocenters.